The summed E-state index contributed by atoms with van der Waals surface area (Å²) in [5, 5.41) is 10.0. The van der Waals surface area contributed by atoms with Gasteiger partial charge in [0.15, 0.2) is 0 Å². The van der Waals surface area contributed by atoms with Crippen molar-refractivity contribution in [3.8, 4) is 5.75 Å². The van der Waals surface area contributed by atoms with Gasteiger partial charge in [0.05, 0.1) is 6.10 Å². The summed E-state index contributed by atoms with van der Waals surface area (Å²) in [5.41, 5.74) is 1.32. The van der Waals surface area contributed by atoms with Crippen LogP contribution in [0.1, 0.15) is 51.0 Å². The average Bonchev–Trinajstić information content (AvgIpc) is 2.90. The maximum Gasteiger partial charge on any atom is 0.119 e. The molecular weight excluding hydrogens is 224 g/mol. The van der Waals surface area contributed by atoms with Crippen LogP contribution < -0.4 is 4.74 Å². The van der Waals surface area contributed by atoms with Crippen LogP contribution in [0.2, 0.25) is 0 Å². The Morgan fingerprint density at radius 3 is 2.33 bits per heavy atom. The lowest BCUT2D eigenvalue weighted by Crippen LogP contribution is -2.25. The predicted molar refractivity (Wildman–Crippen MR) is 74.0 cm³/mol. The van der Waals surface area contributed by atoms with Crippen molar-refractivity contribution in [1.82, 2.24) is 0 Å². The summed E-state index contributed by atoms with van der Waals surface area (Å²) in [7, 11) is 0. The van der Waals surface area contributed by atoms with Gasteiger partial charge in [0.2, 0.25) is 0 Å². The van der Waals surface area contributed by atoms with Crippen molar-refractivity contribution < 1.29 is 9.84 Å². The molecule has 0 spiro atoms. The van der Waals surface area contributed by atoms with Crippen molar-refractivity contribution >= 4 is 0 Å². The van der Waals surface area contributed by atoms with Gasteiger partial charge >= 0.3 is 0 Å². The molecule has 1 fully saturated rings. The Balaban J connectivity index is 1.82. The van der Waals surface area contributed by atoms with Crippen LogP contribution >= 0.6 is 0 Å². The quantitative estimate of drug-likeness (QED) is 0.860. The van der Waals surface area contributed by atoms with E-state index in [1.165, 1.54) is 18.4 Å². The highest BCUT2D eigenvalue weighted by Gasteiger charge is 2.23. The van der Waals surface area contributed by atoms with Crippen molar-refractivity contribution in [1.29, 1.82) is 0 Å². The fourth-order valence-electron chi connectivity index (χ4n) is 2.61. The van der Waals surface area contributed by atoms with Crippen molar-refractivity contribution in [2.75, 3.05) is 6.61 Å². The molecular formula is C16H24O2. The number of rotatable bonds is 5. The van der Waals surface area contributed by atoms with E-state index >= 15 is 0 Å². The van der Waals surface area contributed by atoms with E-state index in [1.807, 2.05) is 12.1 Å². The first-order chi connectivity index (χ1) is 8.66. The first-order valence-corrected chi connectivity index (χ1v) is 7.07. The Kier molecular flexibility index (Phi) is 4.65. The van der Waals surface area contributed by atoms with E-state index < -0.39 is 0 Å². The molecule has 1 aromatic rings. The maximum absolute atomic E-state index is 10.0. The summed E-state index contributed by atoms with van der Waals surface area (Å²) in [6.07, 6.45) is 4.50. The molecule has 1 atom stereocenters. The van der Waals surface area contributed by atoms with Gasteiger partial charge in [-0.2, -0.15) is 0 Å². The van der Waals surface area contributed by atoms with Gasteiger partial charge in [-0.3, -0.25) is 0 Å². The first-order valence-electron chi connectivity index (χ1n) is 7.07. The van der Waals surface area contributed by atoms with Crippen molar-refractivity contribution in [2.45, 2.75) is 51.6 Å². The average molecular weight is 248 g/mol. The van der Waals surface area contributed by atoms with Crippen LogP contribution in [0.15, 0.2) is 24.3 Å². The van der Waals surface area contributed by atoms with E-state index in [0.29, 0.717) is 18.4 Å². The fourth-order valence-corrected chi connectivity index (χ4v) is 2.61. The fraction of sp³-hybridized carbons (Fsp3) is 0.625. The monoisotopic (exact) mass is 248 g/mol. The van der Waals surface area contributed by atoms with Gasteiger partial charge in [-0.1, -0.05) is 38.8 Å². The van der Waals surface area contributed by atoms with Crippen LogP contribution in [0.3, 0.4) is 0 Å². The first kappa shape index (κ1) is 13.4. The molecule has 1 N–H and O–H groups in total. The zero-order chi connectivity index (χ0) is 13.0. The second kappa shape index (κ2) is 6.24. The molecule has 1 saturated carbocycles. The number of aliphatic hydroxyl groups excluding tert-OH is 1. The van der Waals surface area contributed by atoms with Crippen molar-refractivity contribution in [3.05, 3.63) is 29.8 Å². The van der Waals surface area contributed by atoms with Crippen molar-refractivity contribution in [3.63, 3.8) is 0 Å². The Labute approximate surface area is 110 Å². The van der Waals surface area contributed by atoms with Gasteiger partial charge in [-0.15, -0.1) is 0 Å². The summed E-state index contributed by atoms with van der Waals surface area (Å²) in [6, 6.07) is 8.19. The smallest absolute Gasteiger partial charge is 0.119 e. The molecule has 0 aromatic heterocycles. The third kappa shape index (κ3) is 3.49. The van der Waals surface area contributed by atoms with E-state index in [2.05, 4.69) is 26.0 Å². The normalized spacial score (nSPS) is 18.2. The molecule has 18 heavy (non-hydrogen) atoms. The highest BCUT2D eigenvalue weighted by atomic mass is 16.5. The Morgan fingerprint density at radius 2 is 1.78 bits per heavy atom. The maximum atomic E-state index is 10.0. The largest absolute Gasteiger partial charge is 0.491 e. The lowest BCUT2D eigenvalue weighted by atomic mass is 10.0. The summed E-state index contributed by atoms with van der Waals surface area (Å²) in [5.74, 6) is 1.85. The molecule has 1 aliphatic carbocycles. The highest BCUT2D eigenvalue weighted by molar-refractivity contribution is 5.28. The van der Waals surface area contributed by atoms with Crippen LogP contribution in [0.4, 0.5) is 0 Å². The van der Waals surface area contributed by atoms with Gasteiger partial charge < -0.3 is 9.84 Å². The Hall–Kier alpha value is -1.02. The molecule has 100 valence electrons. The second-order valence-electron chi connectivity index (χ2n) is 5.65. The zero-order valence-electron chi connectivity index (χ0n) is 11.4. The van der Waals surface area contributed by atoms with E-state index in [0.717, 1.165) is 18.6 Å². The third-order valence-electron chi connectivity index (χ3n) is 3.91. The Morgan fingerprint density at radius 1 is 1.17 bits per heavy atom. The molecule has 1 unspecified atom stereocenters. The molecule has 2 nitrogen and oxygen atoms in total. The zero-order valence-corrected chi connectivity index (χ0v) is 11.4. The molecule has 0 bridgehead atoms. The van der Waals surface area contributed by atoms with E-state index in [4.69, 9.17) is 4.74 Å². The summed E-state index contributed by atoms with van der Waals surface area (Å²) < 4.78 is 5.66. The van der Waals surface area contributed by atoms with E-state index in [9.17, 15) is 5.11 Å². The molecule has 0 aliphatic heterocycles. The predicted octanol–water partition coefficient (Wildman–Crippen LogP) is 3.74. The standard InChI is InChI=1S/C16H24O2/c1-12(2)13-7-9-15(10-8-13)18-11-16(17)14-5-3-4-6-14/h7-10,12,14,16-17H,3-6,11H2,1-2H3. The van der Waals surface area contributed by atoms with Crippen molar-refractivity contribution in [2.24, 2.45) is 5.92 Å². The van der Waals surface area contributed by atoms with E-state index in [1.54, 1.807) is 0 Å². The molecule has 2 rings (SSSR count). The Bertz CT molecular complexity index is 350. The van der Waals surface area contributed by atoms with Crippen LogP contribution in [0.5, 0.6) is 5.75 Å². The number of aliphatic hydroxyl groups is 1. The lowest BCUT2D eigenvalue weighted by molar-refractivity contribution is 0.0593. The summed E-state index contributed by atoms with van der Waals surface area (Å²) in [6.45, 7) is 4.78. The molecule has 1 aromatic carbocycles. The minimum absolute atomic E-state index is 0.308. The van der Waals surface area contributed by atoms with Gasteiger partial charge in [-0.05, 0) is 42.4 Å². The third-order valence-corrected chi connectivity index (χ3v) is 3.91. The minimum atomic E-state index is -0.308. The van der Waals surface area contributed by atoms with Gasteiger partial charge in [0, 0.05) is 0 Å². The SMILES string of the molecule is CC(C)c1ccc(OCC(O)C2CCCC2)cc1. The number of hydrogen-bond donors (Lipinski definition) is 1. The molecule has 0 heterocycles. The number of benzene rings is 1. The molecule has 0 radical (unpaired) electrons. The topological polar surface area (TPSA) is 29.5 Å². The number of ether oxygens (including phenoxy) is 1. The lowest BCUT2D eigenvalue weighted by Gasteiger charge is -2.18. The minimum Gasteiger partial charge on any atom is -0.491 e. The molecule has 0 saturated heterocycles. The van der Waals surface area contributed by atoms with Crippen LogP contribution in [0, 0.1) is 5.92 Å². The van der Waals surface area contributed by atoms with Crippen LogP contribution in [-0.2, 0) is 0 Å². The molecule has 1 aliphatic rings. The van der Waals surface area contributed by atoms with E-state index in [-0.39, 0.29) is 6.10 Å². The van der Waals surface area contributed by atoms with Gasteiger partial charge in [0.25, 0.3) is 0 Å². The van der Waals surface area contributed by atoms with Crippen LogP contribution in [0.25, 0.3) is 0 Å². The second-order valence-corrected chi connectivity index (χ2v) is 5.65. The summed E-state index contributed by atoms with van der Waals surface area (Å²) in [4.78, 5) is 0. The van der Waals surface area contributed by atoms with Crippen LogP contribution in [-0.4, -0.2) is 17.8 Å². The number of hydrogen-bond acceptors (Lipinski definition) is 2. The molecule has 0 amide bonds. The highest BCUT2D eigenvalue weighted by Crippen LogP contribution is 2.28. The van der Waals surface area contributed by atoms with Gasteiger partial charge in [0.1, 0.15) is 12.4 Å². The molecule has 2 heteroatoms. The summed E-state index contributed by atoms with van der Waals surface area (Å²) >= 11 is 0. The van der Waals surface area contributed by atoms with Gasteiger partial charge in [-0.25, -0.2) is 0 Å².